The summed E-state index contributed by atoms with van der Waals surface area (Å²) in [7, 11) is 0. The second-order valence-electron chi connectivity index (χ2n) is 8.03. The second-order valence-corrected chi connectivity index (χ2v) is 8.44. The molecule has 33 heavy (non-hydrogen) atoms. The number of benzene rings is 3. The van der Waals surface area contributed by atoms with Crippen LogP contribution in [0.4, 0.5) is 11.4 Å². The number of imide groups is 1. The van der Waals surface area contributed by atoms with E-state index in [0.29, 0.717) is 23.1 Å². The Morgan fingerprint density at radius 2 is 1.58 bits per heavy atom. The van der Waals surface area contributed by atoms with E-state index in [4.69, 9.17) is 21.2 Å². The van der Waals surface area contributed by atoms with Gasteiger partial charge in [0.2, 0.25) is 5.91 Å². The van der Waals surface area contributed by atoms with Crippen molar-refractivity contribution in [3.63, 3.8) is 0 Å². The van der Waals surface area contributed by atoms with Crippen molar-refractivity contribution < 1.29 is 19.2 Å². The van der Waals surface area contributed by atoms with Crippen molar-refractivity contribution in [1.82, 2.24) is 0 Å². The van der Waals surface area contributed by atoms with Gasteiger partial charge in [0.1, 0.15) is 11.7 Å². The monoisotopic (exact) mass is 462 g/mol. The number of para-hydroxylation sites is 1. The Balaban J connectivity index is 1.51. The Hall–Kier alpha value is -3.35. The number of amides is 2. The summed E-state index contributed by atoms with van der Waals surface area (Å²) in [6.07, 6.45) is -0.0395. The Labute approximate surface area is 197 Å². The van der Waals surface area contributed by atoms with Crippen molar-refractivity contribution in [3.05, 3.63) is 89.4 Å². The van der Waals surface area contributed by atoms with E-state index in [1.807, 2.05) is 55.5 Å². The number of halogens is 1. The van der Waals surface area contributed by atoms with Crippen LogP contribution in [0.5, 0.6) is 5.75 Å². The zero-order valence-electron chi connectivity index (χ0n) is 18.1. The quantitative estimate of drug-likeness (QED) is 0.472. The van der Waals surface area contributed by atoms with E-state index in [1.165, 1.54) is 4.90 Å². The number of rotatable bonds is 6. The highest BCUT2D eigenvalue weighted by Gasteiger charge is 2.60. The third-order valence-corrected chi connectivity index (χ3v) is 6.26. The maximum Gasteiger partial charge on any atom is 0.266 e. The lowest BCUT2D eigenvalue weighted by Crippen LogP contribution is -2.37. The summed E-state index contributed by atoms with van der Waals surface area (Å²) in [6.45, 7) is 2.64. The second kappa shape index (κ2) is 8.89. The molecule has 3 aromatic rings. The summed E-state index contributed by atoms with van der Waals surface area (Å²) < 4.78 is 5.62. The Morgan fingerprint density at radius 3 is 2.27 bits per heavy atom. The molecule has 3 aromatic carbocycles. The van der Waals surface area contributed by atoms with E-state index >= 15 is 0 Å². The first-order valence-corrected chi connectivity index (χ1v) is 11.3. The minimum Gasteiger partial charge on any atom is -0.494 e. The molecular formula is C26H23ClN2O4. The lowest BCUT2D eigenvalue weighted by atomic mass is 9.90. The van der Waals surface area contributed by atoms with Crippen LogP contribution in [0.25, 0.3) is 0 Å². The van der Waals surface area contributed by atoms with Crippen LogP contribution in [0.3, 0.4) is 0 Å². The summed E-state index contributed by atoms with van der Waals surface area (Å²) in [4.78, 5) is 34.4. The highest BCUT2D eigenvalue weighted by Crippen LogP contribution is 2.48. The molecule has 0 aromatic heterocycles. The molecule has 6 nitrogen and oxygen atoms in total. The molecule has 0 unspecified atom stereocenters. The summed E-state index contributed by atoms with van der Waals surface area (Å²) in [5.74, 6) is -0.729. The number of fused-ring (bicyclic) bond motifs is 1. The number of hydrogen-bond acceptors (Lipinski definition) is 5. The highest BCUT2D eigenvalue weighted by atomic mass is 35.5. The number of carbonyl (C=O) groups excluding carboxylic acids is 2. The number of ether oxygens (including phenoxy) is 1. The van der Waals surface area contributed by atoms with Crippen LogP contribution in [0, 0.1) is 5.92 Å². The van der Waals surface area contributed by atoms with Gasteiger partial charge in [0.05, 0.1) is 24.0 Å². The van der Waals surface area contributed by atoms with Gasteiger partial charge in [0.15, 0.2) is 6.10 Å². The van der Waals surface area contributed by atoms with Gasteiger partial charge >= 0.3 is 0 Å². The Bertz CT molecular complexity index is 1170. The van der Waals surface area contributed by atoms with Crippen molar-refractivity contribution in [2.75, 3.05) is 16.6 Å². The normalized spacial score (nSPS) is 22.1. The van der Waals surface area contributed by atoms with Crippen LogP contribution in [-0.2, 0) is 14.4 Å². The molecule has 0 spiro atoms. The molecule has 2 aliphatic rings. The zero-order chi connectivity index (χ0) is 22.9. The van der Waals surface area contributed by atoms with Gasteiger partial charge in [-0.3, -0.25) is 14.4 Å². The molecule has 0 N–H and O–H groups in total. The fourth-order valence-corrected chi connectivity index (χ4v) is 4.66. The predicted molar refractivity (Wildman–Crippen MR) is 126 cm³/mol. The third-order valence-electron chi connectivity index (χ3n) is 5.92. The Morgan fingerprint density at radius 1 is 0.879 bits per heavy atom. The minimum absolute atomic E-state index is 0.310. The molecule has 2 fully saturated rings. The molecule has 0 bridgehead atoms. The van der Waals surface area contributed by atoms with E-state index in [-0.39, 0.29) is 11.8 Å². The van der Waals surface area contributed by atoms with Crippen molar-refractivity contribution in [1.29, 1.82) is 0 Å². The fraction of sp³-hybridized carbons (Fsp3) is 0.231. The van der Waals surface area contributed by atoms with Crippen molar-refractivity contribution in [3.8, 4) is 5.75 Å². The van der Waals surface area contributed by atoms with Crippen LogP contribution in [0.2, 0.25) is 5.02 Å². The summed E-state index contributed by atoms with van der Waals surface area (Å²) in [5, 5.41) is 2.16. The highest BCUT2D eigenvalue weighted by molar-refractivity contribution is 6.31. The van der Waals surface area contributed by atoms with Crippen LogP contribution >= 0.6 is 11.6 Å². The molecule has 2 saturated heterocycles. The third kappa shape index (κ3) is 3.75. The average Bonchev–Trinajstić information content (AvgIpc) is 3.35. The molecule has 3 atom stereocenters. The molecule has 2 amide bonds. The number of nitrogens with zero attached hydrogens (tertiary/aromatic N) is 2. The van der Waals surface area contributed by atoms with Gasteiger partial charge < -0.3 is 4.74 Å². The van der Waals surface area contributed by atoms with Crippen LogP contribution in [0.15, 0.2) is 78.9 Å². The first kappa shape index (κ1) is 21.5. The summed E-state index contributed by atoms with van der Waals surface area (Å²) in [6, 6.07) is 23.2. The summed E-state index contributed by atoms with van der Waals surface area (Å²) in [5.41, 5.74) is 1.99. The minimum atomic E-state index is -0.935. The van der Waals surface area contributed by atoms with E-state index in [9.17, 15) is 9.59 Å². The number of hydroxylamine groups is 1. The van der Waals surface area contributed by atoms with Crippen molar-refractivity contribution in [2.24, 2.45) is 5.92 Å². The number of carbonyl (C=O) groups is 2. The smallest absolute Gasteiger partial charge is 0.266 e. The molecule has 2 heterocycles. The number of anilines is 2. The molecule has 168 valence electrons. The molecule has 2 aliphatic heterocycles. The average molecular weight is 463 g/mol. The zero-order valence-corrected chi connectivity index (χ0v) is 18.8. The first-order valence-electron chi connectivity index (χ1n) is 11.0. The van der Waals surface area contributed by atoms with E-state index in [1.54, 1.807) is 35.4 Å². The van der Waals surface area contributed by atoms with Gasteiger partial charge in [-0.2, -0.15) is 0 Å². The van der Waals surface area contributed by atoms with E-state index < -0.39 is 18.1 Å². The topological polar surface area (TPSA) is 59.1 Å². The van der Waals surface area contributed by atoms with Crippen LogP contribution in [-0.4, -0.2) is 24.5 Å². The van der Waals surface area contributed by atoms with Crippen molar-refractivity contribution >= 4 is 34.8 Å². The molecule has 0 aliphatic carbocycles. The van der Waals surface area contributed by atoms with E-state index in [0.717, 1.165) is 17.7 Å². The molecule has 0 saturated carbocycles. The van der Waals surface area contributed by atoms with Gasteiger partial charge in [-0.05, 0) is 54.4 Å². The molecule has 7 heteroatoms. The van der Waals surface area contributed by atoms with Gasteiger partial charge in [0, 0.05) is 5.02 Å². The molecule has 5 rings (SSSR count). The number of hydrogen-bond donors (Lipinski definition) is 0. The standard InChI is InChI=1S/C26H23ClN2O4/c1-2-16-32-19-14-12-17(13-15-19)28-25(30)22-23(20-10-6-7-11-21(20)27)29(33-24(22)26(28)31)18-8-4-3-5-9-18/h3-15,22-24H,2,16H2,1H3/t22-,23+,24+/m0/s1. The fourth-order valence-electron chi connectivity index (χ4n) is 4.41. The SMILES string of the molecule is CCCOc1ccc(N2C(=O)[C@H]3[C@@H](c4ccccc4Cl)N(c4ccccc4)O[C@H]3C2=O)cc1. The van der Waals surface area contributed by atoms with Crippen LogP contribution in [0.1, 0.15) is 24.9 Å². The first-order chi connectivity index (χ1) is 16.1. The molecule has 0 radical (unpaired) electrons. The van der Waals surface area contributed by atoms with Gasteiger partial charge in [-0.1, -0.05) is 54.9 Å². The Kier molecular flexibility index (Phi) is 5.79. The van der Waals surface area contributed by atoms with Gasteiger partial charge in [-0.25, -0.2) is 9.96 Å². The van der Waals surface area contributed by atoms with Gasteiger partial charge in [0.25, 0.3) is 5.91 Å². The molecular weight excluding hydrogens is 440 g/mol. The van der Waals surface area contributed by atoms with Crippen LogP contribution < -0.4 is 14.7 Å². The summed E-state index contributed by atoms with van der Waals surface area (Å²) >= 11 is 6.54. The van der Waals surface area contributed by atoms with Crippen molar-refractivity contribution in [2.45, 2.75) is 25.5 Å². The van der Waals surface area contributed by atoms with E-state index in [2.05, 4.69) is 0 Å². The predicted octanol–water partition coefficient (Wildman–Crippen LogP) is 5.18. The lowest BCUT2D eigenvalue weighted by Gasteiger charge is -2.29. The maximum absolute atomic E-state index is 13.7. The maximum atomic E-state index is 13.7. The van der Waals surface area contributed by atoms with Gasteiger partial charge in [-0.15, -0.1) is 0 Å². The lowest BCUT2D eigenvalue weighted by molar-refractivity contribution is -0.126. The largest absolute Gasteiger partial charge is 0.494 e.